The van der Waals surface area contributed by atoms with Gasteiger partial charge in [0.25, 0.3) is 5.91 Å². The van der Waals surface area contributed by atoms with E-state index in [1.807, 2.05) is 0 Å². The molecule has 2 saturated heterocycles. The Bertz CT molecular complexity index is 2310. The number of carbonyl (C=O) groups is 4. The molecule has 21 heteroatoms. The number of aryl methyl sites for hydroxylation is 1. The molecule has 7 rings (SSSR count). The van der Waals surface area contributed by atoms with Crippen molar-refractivity contribution in [2.24, 2.45) is 0 Å². The van der Waals surface area contributed by atoms with Gasteiger partial charge in [0.1, 0.15) is 83.6 Å². The number of rotatable bonds is 8. The molecule has 12 N–H and O–H groups in total. The van der Waals surface area contributed by atoms with E-state index in [0.29, 0.717) is 0 Å². The lowest BCUT2D eigenvalue weighted by Gasteiger charge is -2.45. The molecule has 4 aliphatic rings. The topological polar surface area (TPSA) is 349 Å². The van der Waals surface area contributed by atoms with E-state index in [9.17, 15) is 75.3 Å². The number of benzene rings is 3. The Hall–Kier alpha value is -5.46. The summed E-state index contributed by atoms with van der Waals surface area (Å²) in [4.78, 5) is 53.3. The number of aliphatic carboxylic acids is 1. The van der Waals surface area contributed by atoms with Crippen molar-refractivity contribution in [3.63, 3.8) is 0 Å². The normalized spacial score (nSPS) is 30.1. The Balaban J connectivity index is 1.39. The minimum Gasteiger partial charge on any atom is -0.507 e. The number of phenolic OH excluding ortho intramolecular Hbond substituents is 4. The van der Waals surface area contributed by atoms with Crippen LogP contribution in [0.25, 0.3) is 11.1 Å². The van der Waals surface area contributed by atoms with E-state index in [2.05, 4.69) is 5.32 Å². The van der Waals surface area contributed by atoms with Crippen molar-refractivity contribution >= 4 is 23.4 Å². The summed E-state index contributed by atoms with van der Waals surface area (Å²) < 4.78 is 27.9. The van der Waals surface area contributed by atoms with E-state index < -0.39 is 171 Å². The molecule has 0 bridgehead atoms. The number of aliphatic hydroxyl groups is 6. The highest BCUT2D eigenvalue weighted by Crippen LogP contribution is 2.60. The van der Waals surface area contributed by atoms with Gasteiger partial charge in [0.05, 0.1) is 42.1 Å². The Kier molecular flexibility index (Phi) is 11.0. The predicted octanol–water partition coefficient (Wildman–Crippen LogP) is -1.13. The maximum atomic E-state index is 14.1. The van der Waals surface area contributed by atoms with E-state index in [4.69, 9.17) is 23.7 Å². The van der Waals surface area contributed by atoms with Gasteiger partial charge in [-0.15, -0.1) is 0 Å². The molecule has 12 atom stereocenters. The molecule has 2 heterocycles. The van der Waals surface area contributed by atoms with E-state index in [1.54, 1.807) is 0 Å². The number of ketones is 2. The van der Waals surface area contributed by atoms with Crippen LogP contribution in [-0.4, -0.2) is 155 Å². The number of ether oxygens (including phenoxy) is 5. The number of carboxylic acids is 1. The van der Waals surface area contributed by atoms with Crippen LogP contribution in [0.2, 0.25) is 0 Å². The van der Waals surface area contributed by atoms with Crippen LogP contribution in [0.5, 0.6) is 28.7 Å². The average Bonchev–Trinajstić information content (AvgIpc) is 3.19. The maximum absolute atomic E-state index is 14.1. The zero-order valence-corrected chi connectivity index (χ0v) is 32.0. The molecule has 0 radical (unpaired) electrons. The lowest BCUT2D eigenvalue weighted by Crippen LogP contribution is -2.62. The number of carbonyl (C=O) groups excluding carboxylic acids is 3. The number of hydrogen-bond donors (Lipinski definition) is 12. The molecule has 3 aromatic carbocycles. The van der Waals surface area contributed by atoms with Crippen molar-refractivity contribution in [2.45, 2.75) is 94.3 Å². The van der Waals surface area contributed by atoms with Gasteiger partial charge in [0.2, 0.25) is 5.78 Å². The first-order chi connectivity index (χ1) is 28.2. The molecule has 2 aliphatic heterocycles. The van der Waals surface area contributed by atoms with Crippen molar-refractivity contribution in [1.29, 1.82) is 0 Å². The number of hydrogen-bond acceptors (Lipinski definition) is 19. The predicted molar refractivity (Wildman–Crippen MR) is 195 cm³/mol. The van der Waals surface area contributed by atoms with Crippen molar-refractivity contribution in [2.75, 3.05) is 13.7 Å². The molecule has 21 nitrogen and oxygen atoms in total. The van der Waals surface area contributed by atoms with Crippen molar-refractivity contribution in [1.82, 2.24) is 5.32 Å². The second-order valence-electron chi connectivity index (χ2n) is 14.9. The van der Waals surface area contributed by atoms with Crippen LogP contribution < -0.4 is 10.1 Å². The van der Waals surface area contributed by atoms with Crippen molar-refractivity contribution in [3.05, 3.63) is 62.7 Å². The molecule has 12 unspecified atom stereocenters. The van der Waals surface area contributed by atoms with Crippen LogP contribution in [0.3, 0.4) is 0 Å². The fraction of sp³-hybridized carbons (Fsp3) is 0.436. The standard InChI is InChI=1S/C39H41NO20/c1-9-5-14-19(27(46)17(9)36(53)40-10(2)37(54)55)20-21(30(49)23-22(29(20)48)25(44)13-6-12(56-4)7-15(41)18(13)28(23)47)31(50)34(14)59-39-33(52)35(24(43)11(3)58-39)60-38-32(51)26(45)16(42)8-57-38/h5-7,10-11,16,24,26,31-35,38-39,41-43,45-46,48-52H,8H2,1-4H3,(H,40,53)(H,54,55). The second-order valence-corrected chi connectivity index (χ2v) is 14.9. The third kappa shape index (κ3) is 6.59. The van der Waals surface area contributed by atoms with Gasteiger partial charge < -0.3 is 85.2 Å². The van der Waals surface area contributed by atoms with E-state index in [1.165, 1.54) is 27.0 Å². The quantitative estimate of drug-likeness (QED) is 0.0933. The summed E-state index contributed by atoms with van der Waals surface area (Å²) in [5, 5.41) is 123. The number of methoxy groups -OCH3 is 1. The minimum absolute atomic E-state index is 0.0573. The SMILES string of the molecule is COc1cc(O)c2c(c1)C(=O)c1c(O)c3c(c(O)c1C2=O)C(O)C(OC1OC(C)C(O)C(OC2OCC(O)C(O)C2O)C1O)c1cc(C)c(C(=O)NC(C)C(=O)O)c(O)c1-3. The molecule has 0 spiro atoms. The lowest BCUT2D eigenvalue weighted by molar-refractivity contribution is -0.353. The van der Waals surface area contributed by atoms with Crippen molar-refractivity contribution in [3.8, 4) is 39.9 Å². The van der Waals surface area contributed by atoms with Gasteiger partial charge >= 0.3 is 5.97 Å². The summed E-state index contributed by atoms with van der Waals surface area (Å²) in [5.41, 5.74) is -5.59. The zero-order chi connectivity index (χ0) is 44.0. The second kappa shape index (κ2) is 15.5. The molecule has 3 aromatic rings. The first-order valence-corrected chi connectivity index (χ1v) is 18.4. The van der Waals surface area contributed by atoms with E-state index >= 15 is 0 Å². The molecule has 1 amide bonds. The molecule has 60 heavy (non-hydrogen) atoms. The molecule has 0 aromatic heterocycles. The van der Waals surface area contributed by atoms with Gasteiger partial charge in [-0.3, -0.25) is 19.2 Å². The third-order valence-electron chi connectivity index (χ3n) is 11.2. The summed E-state index contributed by atoms with van der Waals surface area (Å²) in [5.74, 6) is -8.83. The number of fused-ring (bicyclic) bond motifs is 5. The van der Waals surface area contributed by atoms with E-state index in [-0.39, 0.29) is 16.9 Å². The van der Waals surface area contributed by atoms with Crippen LogP contribution >= 0.6 is 0 Å². The number of aliphatic hydroxyl groups excluding tert-OH is 6. The van der Waals surface area contributed by atoms with Gasteiger partial charge in [-0.05, 0) is 38.0 Å². The van der Waals surface area contributed by atoms with Gasteiger partial charge in [0, 0.05) is 28.3 Å². The molecule has 2 fully saturated rings. The van der Waals surface area contributed by atoms with Crippen LogP contribution in [-0.2, 0) is 23.7 Å². The monoisotopic (exact) mass is 843 g/mol. The first-order valence-electron chi connectivity index (χ1n) is 18.4. The lowest BCUT2D eigenvalue weighted by atomic mass is 9.73. The minimum atomic E-state index is -2.19. The van der Waals surface area contributed by atoms with Gasteiger partial charge in [-0.2, -0.15) is 0 Å². The fourth-order valence-corrected chi connectivity index (χ4v) is 7.99. The van der Waals surface area contributed by atoms with Gasteiger partial charge in [-0.1, -0.05) is 6.07 Å². The highest BCUT2D eigenvalue weighted by molar-refractivity contribution is 6.32. The van der Waals surface area contributed by atoms with Crippen LogP contribution in [0.4, 0.5) is 0 Å². The first kappa shape index (κ1) is 42.7. The van der Waals surface area contributed by atoms with Crippen LogP contribution in [0.1, 0.15) is 84.9 Å². The fourth-order valence-electron chi connectivity index (χ4n) is 7.99. The number of aromatic hydroxyl groups is 4. The van der Waals surface area contributed by atoms with E-state index in [0.717, 1.165) is 19.1 Å². The molecular weight excluding hydrogens is 802 g/mol. The summed E-state index contributed by atoms with van der Waals surface area (Å²) in [6.07, 6.45) is -19.4. The number of nitrogens with one attached hydrogen (secondary N) is 1. The number of phenols is 4. The largest absolute Gasteiger partial charge is 0.507 e. The van der Waals surface area contributed by atoms with Gasteiger partial charge in [0.15, 0.2) is 18.4 Å². The smallest absolute Gasteiger partial charge is 0.325 e. The number of carboxylic acid groups (broad SMARTS) is 1. The summed E-state index contributed by atoms with van der Waals surface area (Å²) >= 11 is 0. The Morgan fingerprint density at radius 1 is 0.800 bits per heavy atom. The zero-order valence-electron chi connectivity index (χ0n) is 32.0. The summed E-state index contributed by atoms with van der Waals surface area (Å²) in [7, 11) is 1.22. The molecular formula is C39H41NO20. The molecule has 0 saturated carbocycles. The van der Waals surface area contributed by atoms with Crippen LogP contribution in [0, 0.1) is 6.92 Å². The Morgan fingerprint density at radius 2 is 1.47 bits per heavy atom. The highest BCUT2D eigenvalue weighted by atomic mass is 16.7. The summed E-state index contributed by atoms with van der Waals surface area (Å²) in [6, 6.07) is 1.83. The molecule has 322 valence electrons. The maximum Gasteiger partial charge on any atom is 0.325 e. The Morgan fingerprint density at radius 3 is 2.12 bits per heavy atom. The summed E-state index contributed by atoms with van der Waals surface area (Å²) in [6.45, 7) is 3.30. The van der Waals surface area contributed by atoms with Gasteiger partial charge in [-0.25, -0.2) is 0 Å². The Labute approximate surface area is 338 Å². The van der Waals surface area contributed by atoms with Crippen molar-refractivity contribution < 1.29 is 99.0 Å². The third-order valence-corrected chi connectivity index (χ3v) is 11.2. The average molecular weight is 844 g/mol. The van der Waals surface area contributed by atoms with Crippen LogP contribution in [0.15, 0.2) is 18.2 Å². The molecule has 2 aliphatic carbocycles. The highest BCUT2D eigenvalue weighted by Gasteiger charge is 2.52. The number of amides is 1.